The molecule has 0 amide bonds. The lowest BCUT2D eigenvalue weighted by Gasteiger charge is -2.18. The van der Waals surface area contributed by atoms with Gasteiger partial charge < -0.3 is 15.2 Å². The molecule has 0 aliphatic rings. The maximum atomic E-state index is 5.48. The zero-order chi connectivity index (χ0) is 10.7. The highest BCUT2D eigenvalue weighted by atomic mass is 16.5. The van der Waals surface area contributed by atoms with Crippen LogP contribution in [-0.4, -0.2) is 30.3 Å². The van der Waals surface area contributed by atoms with Crippen LogP contribution in [0.3, 0.4) is 0 Å². The van der Waals surface area contributed by atoms with Gasteiger partial charge >= 0.3 is 0 Å². The molecule has 0 spiro atoms. The van der Waals surface area contributed by atoms with Crippen molar-refractivity contribution in [2.45, 2.75) is 6.42 Å². The fourth-order valence-corrected chi connectivity index (χ4v) is 1.55. The molecule has 5 nitrogen and oxygen atoms in total. The molecule has 0 radical (unpaired) electrons. The fourth-order valence-electron chi connectivity index (χ4n) is 1.55. The summed E-state index contributed by atoms with van der Waals surface area (Å²) in [6.45, 7) is 1.61. The van der Waals surface area contributed by atoms with E-state index in [1.54, 1.807) is 12.4 Å². The summed E-state index contributed by atoms with van der Waals surface area (Å²) < 4.78 is 5.00. The Morgan fingerprint density at radius 2 is 2.40 bits per heavy atom. The first-order valence-electron chi connectivity index (χ1n) is 4.93. The number of nitrogens with zero attached hydrogens (tertiary/aromatic N) is 3. The van der Waals surface area contributed by atoms with Crippen LogP contribution in [0.4, 0.5) is 5.69 Å². The van der Waals surface area contributed by atoms with Crippen LogP contribution in [0.1, 0.15) is 6.42 Å². The normalized spacial score (nSPS) is 10.8. The summed E-state index contributed by atoms with van der Waals surface area (Å²) in [4.78, 5) is 6.22. The highest BCUT2D eigenvalue weighted by Crippen LogP contribution is 2.23. The van der Waals surface area contributed by atoms with E-state index >= 15 is 0 Å². The predicted molar refractivity (Wildman–Crippen MR) is 58.7 cm³/mol. The number of fused-ring (bicyclic) bond motifs is 1. The van der Waals surface area contributed by atoms with E-state index in [2.05, 4.69) is 15.0 Å². The molecule has 2 rings (SSSR count). The number of anilines is 1. The van der Waals surface area contributed by atoms with Crippen molar-refractivity contribution in [2.75, 3.05) is 25.0 Å². The third-order valence-corrected chi connectivity index (χ3v) is 2.36. The average molecular weight is 206 g/mol. The monoisotopic (exact) mass is 206 g/mol. The van der Waals surface area contributed by atoms with E-state index in [0.29, 0.717) is 12.3 Å². The van der Waals surface area contributed by atoms with Crippen LogP contribution in [-0.2, 0) is 0 Å². The highest BCUT2D eigenvalue weighted by molar-refractivity contribution is 5.87. The van der Waals surface area contributed by atoms with Gasteiger partial charge in [0, 0.05) is 19.8 Å². The molecule has 0 fully saturated rings. The lowest BCUT2D eigenvalue weighted by molar-refractivity contribution is 0.448. The summed E-state index contributed by atoms with van der Waals surface area (Å²) in [5, 5.41) is 4.68. The molecule has 2 aromatic heterocycles. The summed E-state index contributed by atoms with van der Waals surface area (Å²) in [5.41, 5.74) is 7.13. The second-order valence-corrected chi connectivity index (χ2v) is 3.44. The van der Waals surface area contributed by atoms with E-state index in [9.17, 15) is 0 Å². The van der Waals surface area contributed by atoms with Crippen molar-refractivity contribution in [3.63, 3.8) is 0 Å². The minimum Gasteiger partial charge on any atom is -0.374 e. The number of nitrogens with two attached hydrogens (primary N) is 1. The quantitative estimate of drug-likeness (QED) is 0.808. The van der Waals surface area contributed by atoms with Gasteiger partial charge in [-0.2, -0.15) is 0 Å². The van der Waals surface area contributed by atoms with Crippen LogP contribution in [0.25, 0.3) is 11.1 Å². The molecule has 2 aromatic rings. The zero-order valence-electron chi connectivity index (χ0n) is 8.68. The molecule has 0 saturated heterocycles. The van der Waals surface area contributed by atoms with Crippen molar-refractivity contribution < 1.29 is 4.52 Å². The van der Waals surface area contributed by atoms with Gasteiger partial charge in [-0.15, -0.1) is 0 Å². The SMILES string of the molecule is CN(CCCN)c1ccnc2oncc12. The number of rotatable bonds is 4. The van der Waals surface area contributed by atoms with E-state index in [1.807, 2.05) is 13.1 Å². The minimum absolute atomic E-state index is 0.576. The Labute approximate surface area is 87.9 Å². The molecule has 80 valence electrons. The molecule has 0 atom stereocenters. The van der Waals surface area contributed by atoms with Gasteiger partial charge in [-0.05, 0) is 19.0 Å². The Hall–Kier alpha value is -1.62. The molecule has 0 aliphatic heterocycles. The Bertz CT molecular complexity index is 440. The van der Waals surface area contributed by atoms with E-state index in [1.165, 1.54) is 0 Å². The predicted octanol–water partition coefficient (Wildman–Crippen LogP) is 1.01. The summed E-state index contributed by atoms with van der Waals surface area (Å²) in [7, 11) is 2.03. The topological polar surface area (TPSA) is 68.2 Å². The number of aromatic nitrogens is 2. The number of pyridine rings is 1. The molecule has 0 bridgehead atoms. The molecule has 0 saturated carbocycles. The molecule has 5 heteroatoms. The molecule has 0 aliphatic carbocycles. The van der Waals surface area contributed by atoms with E-state index < -0.39 is 0 Å². The Balaban J connectivity index is 2.29. The van der Waals surface area contributed by atoms with Gasteiger partial charge in [0.1, 0.15) is 0 Å². The van der Waals surface area contributed by atoms with E-state index in [0.717, 1.165) is 24.0 Å². The van der Waals surface area contributed by atoms with Crippen LogP contribution in [0, 0.1) is 0 Å². The molecule has 15 heavy (non-hydrogen) atoms. The van der Waals surface area contributed by atoms with E-state index in [4.69, 9.17) is 10.3 Å². The smallest absolute Gasteiger partial charge is 0.259 e. The Morgan fingerprint density at radius 1 is 1.53 bits per heavy atom. The maximum Gasteiger partial charge on any atom is 0.259 e. The van der Waals surface area contributed by atoms with Crippen molar-refractivity contribution in [3.8, 4) is 0 Å². The average Bonchev–Trinajstić information content (AvgIpc) is 2.73. The summed E-state index contributed by atoms with van der Waals surface area (Å²) >= 11 is 0. The Morgan fingerprint density at radius 3 is 3.20 bits per heavy atom. The molecule has 2 N–H and O–H groups in total. The van der Waals surface area contributed by atoms with Gasteiger partial charge in [-0.1, -0.05) is 5.16 Å². The van der Waals surface area contributed by atoms with Gasteiger partial charge in [-0.3, -0.25) is 0 Å². The largest absolute Gasteiger partial charge is 0.374 e. The second-order valence-electron chi connectivity index (χ2n) is 3.44. The van der Waals surface area contributed by atoms with E-state index in [-0.39, 0.29) is 0 Å². The van der Waals surface area contributed by atoms with Crippen LogP contribution in [0.2, 0.25) is 0 Å². The highest BCUT2D eigenvalue weighted by Gasteiger charge is 2.08. The minimum atomic E-state index is 0.576. The fraction of sp³-hybridized carbons (Fsp3) is 0.400. The zero-order valence-corrected chi connectivity index (χ0v) is 8.68. The number of hydrogen-bond acceptors (Lipinski definition) is 5. The van der Waals surface area contributed by atoms with Gasteiger partial charge in [0.15, 0.2) is 0 Å². The molecule has 0 aromatic carbocycles. The van der Waals surface area contributed by atoms with Gasteiger partial charge in [0.2, 0.25) is 0 Å². The van der Waals surface area contributed by atoms with Gasteiger partial charge in [0.25, 0.3) is 5.71 Å². The van der Waals surface area contributed by atoms with Crippen LogP contribution >= 0.6 is 0 Å². The lowest BCUT2D eigenvalue weighted by atomic mass is 10.2. The van der Waals surface area contributed by atoms with Crippen molar-refractivity contribution >= 4 is 16.8 Å². The van der Waals surface area contributed by atoms with Crippen LogP contribution < -0.4 is 10.6 Å². The molecular weight excluding hydrogens is 192 g/mol. The summed E-state index contributed by atoms with van der Waals surface area (Å²) in [6.07, 6.45) is 4.38. The number of hydrogen-bond donors (Lipinski definition) is 1. The van der Waals surface area contributed by atoms with Crippen molar-refractivity contribution in [3.05, 3.63) is 18.5 Å². The van der Waals surface area contributed by atoms with Crippen LogP contribution in [0.5, 0.6) is 0 Å². The third kappa shape index (κ3) is 1.92. The molecular formula is C10H14N4O. The first-order chi connectivity index (χ1) is 7.33. The molecule has 0 unspecified atom stereocenters. The standard InChI is InChI=1S/C10H14N4O/c1-14(6-2-4-11)9-3-5-12-10-8(9)7-13-15-10/h3,5,7H,2,4,6,11H2,1H3. The molecule has 2 heterocycles. The lowest BCUT2D eigenvalue weighted by Crippen LogP contribution is -2.21. The van der Waals surface area contributed by atoms with Gasteiger partial charge in [0.05, 0.1) is 17.3 Å². The third-order valence-electron chi connectivity index (χ3n) is 2.36. The first-order valence-corrected chi connectivity index (χ1v) is 4.93. The van der Waals surface area contributed by atoms with Crippen molar-refractivity contribution in [1.29, 1.82) is 0 Å². The maximum absolute atomic E-state index is 5.48. The Kier molecular flexibility index (Phi) is 2.82. The van der Waals surface area contributed by atoms with Crippen molar-refractivity contribution in [2.24, 2.45) is 5.73 Å². The first kappa shape index (κ1) is 9.92. The summed E-state index contributed by atoms with van der Waals surface area (Å²) in [5.74, 6) is 0. The van der Waals surface area contributed by atoms with Crippen molar-refractivity contribution in [1.82, 2.24) is 10.1 Å². The second kappa shape index (κ2) is 4.27. The van der Waals surface area contributed by atoms with Crippen LogP contribution in [0.15, 0.2) is 23.0 Å². The van der Waals surface area contributed by atoms with Gasteiger partial charge in [-0.25, -0.2) is 4.98 Å². The summed E-state index contributed by atoms with van der Waals surface area (Å²) in [6, 6.07) is 1.95.